The van der Waals surface area contributed by atoms with Gasteiger partial charge in [-0.15, -0.1) is 10.2 Å². The summed E-state index contributed by atoms with van der Waals surface area (Å²) < 4.78 is 1.70. The third kappa shape index (κ3) is 1.72. The zero-order valence-electron chi connectivity index (χ0n) is 8.84. The fourth-order valence-electron chi connectivity index (χ4n) is 1.91. The van der Waals surface area contributed by atoms with Gasteiger partial charge in [0.2, 0.25) is 5.82 Å². The monoisotopic (exact) mass is 210 g/mol. The predicted octanol–water partition coefficient (Wildman–Crippen LogP) is -0.147. The van der Waals surface area contributed by atoms with Crippen LogP contribution in [-0.2, 0) is 13.0 Å². The molecule has 1 N–H and O–H groups in total. The van der Waals surface area contributed by atoms with E-state index in [1.807, 2.05) is 14.1 Å². The van der Waals surface area contributed by atoms with E-state index in [0.717, 1.165) is 18.7 Å². The molecule has 1 aromatic rings. The highest BCUT2D eigenvalue weighted by Gasteiger charge is 2.26. The largest absolute Gasteiger partial charge is 0.475 e. The Kier molecular flexibility index (Phi) is 2.44. The summed E-state index contributed by atoms with van der Waals surface area (Å²) in [4.78, 5) is 13.0. The van der Waals surface area contributed by atoms with Crippen LogP contribution in [0.4, 0.5) is 0 Å². The number of nitrogens with zero attached hydrogens (tertiary/aromatic N) is 4. The van der Waals surface area contributed by atoms with Gasteiger partial charge in [-0.3, -0.25) is 0 Å². The number of aromatic carboxylic acids is 1. The lowest BCUT2D eigenvalue weighted by atomic mass is 10.1. The Bertz CT molecular complexity index is 385. The number of carboxylic acid groups (broad SMARTS) is 1. The summed E-state index contributed by atoms with van der Waals surface area (Å²) in [6, 6.07) is 0.434. The van der Waals surface area contributed by atoms with Crippen LogP contribution in [0, 0.1) is 0 Å². The molecule has 1 unspecified atom stereocenters. The maximum Gasteiger partial charge on any atom is 0.374 e. The summed E-state index contributed by atoms with van der Waals surface area (Å²) in [7, 11) is 4.05. The molecule has 0 saturated heterocycles. The third-order valence-corrected chi connectivity index (χ3v) is 2.85. The van der Waals surface area contributed by atoms with Crippen molar-refractivity contribution in [1.82, 2.24) is 19.7 Å². The topological polar surface area (TPSA) is 71.2 Å². The van der Waals surface area contributed by atoms with Crippen LogP contribution in [0.25, 0.3) is 0 Å². The first-order valence-electron chi connectivity index (χ1n) is 4.91. The van der Waals surface area contributed by atoms with Crippen molar-refractivity contribution >= 4 is 5.97 Å². The van der Waals surface area contributed by atoms with Gasteiger partial charge in [-0.25, -0.2) is 4.79 Å². The molecule has 0 amide bonds. The quantitative estimate of drug-likeness (QED) is 0.735. The van der Waals surface area contributed by atoms with E-state index in [1.165, 1.54) is 0 Å². The number of hydrogen-bond acceptors (Lipinski definition) is 4. The summed E-state index contributed by atoms with van der Waals surface area (Å²) in [6.07, 6.45) is 1.71. The molecule has 1 aliphatic heterocycles. The lowest BCUT2D eigenvalue weighted by molar-refractivity contribution is 0.0675. The Labute approximate surface area is 87.5 Å². The van der Waals surface area contributed by atoms with Crippen molar-refractivity contribution in [1.29, 1.82) is 0 Å². The zero-order valence-corrected chi connectivity index (χ0v) is 8.84. The maximum atomic E-state index is 10.8. The number of carboxylic acids is 1. The van der Waals surface area contributed by atoms with E-state index in [-0.39, 0.29) is 5.82 Å². The minimum absolute atomic E-state index is 0.0576. The van der Waals surface area contributed by atoms with Crippen LogP contribution in [0.5, 0.6) is 0 Å². The molecule has 15 heavy (non-hydrogen) atoms. The van der Waals surface area contributed by atoms with Crippen LogP contribution in [0.3, 0.4) is 0 Å². The van der Waals surface area contributed by atoms with E-state index < -0.39 is 5.97 Å². The van der Waals surface area contributed by atoms with Crippen molar-refractivity contribution in [3.63, 3.8) is 0 Å². The SMILES string of the molecule is CN(C)C1CCn2c(nnc2C(=O)O)C1. The average Bonchev–Trinajstić information content (AvgIpc) is 2.59. The van der Waals surface area contributed by atoms with Gasteiger partial charge >= 0.3 is 5.97 Å². The molecule has 1 atom stereocenters. The molecule has 0 spiro atoms. The van der Waals surface area contributed by atoms with Gasteiger partial charge in [-0.2, -0.15) is 0 Å². The Balaban J connectivity index is 2.26. The number of likely N-dealkylation sites (N-methyl/N-ethyl adjacent to an activating group) is 1. The molecule has 0 fully saturated rings. The van der Waals surface area contributed by atoms with Crippen LogP contribution in [-0.4, -0.2) is 50.9 Å². The van der Waals surface area contributed by atoms with Gasteiger partial charge in [0.1, 0.15) is 5.82 Å². The molecule has 6 heteroatoms. The molecule has 0 aliphatic carbocycles. The fraction of sp³-hybridized carbons (Fsp3) is 0.667. The average molecular weight is 210 g/mol. The minimum Gasteiger partial charge on any atom is -0.475 e. The van der Waals surface area contributed by atoms with Crippen LogP contribution < -0.4 is 0 Å². The minimum atomic E-state index is -1.00. The van der Waals surface area contributed by atoms with Gasteiger partial charge in [0.05, 0.1) is 0 Å². The molecule has 2 rings (SSSR count). The molecule has 0 aromatic carbocycles. The predicted molar refractivity (Wildman–Crippen MR) is 52.8 cm³/mol. The van der Waals surface area contributed by atoms with E-state index in [9.17, 15) is 4.79 Å². The van der Waals surface area contributed by atoms with Crippen molar-refractivity contribution in [3.8, 4) is 0 Å². The second-order valence-corrected chi connectivity index (χ2v) is 4.01. The molecular weight excluding hydrogens is 196 g/mol. The van der Waals surface area contributed by atoms with E-state index in [4.69, 9.17) is 5.11 Å². The van der Waals surface area contributed by atoms with Gasteiger partial charge in [0, 0.05) is 19.0 Å². The number of aromatic nitrogens is 3. The van der Waals surface area contributed by atoms with Crippen molar-refractivity contribution in [2.45, 2.75) is 25.4 Å². The molecule has 82 valence electrons. The van der Waals surface area contributed by atoms with Crippen molar-refractivity contribution in [2.24, 2.45) is 0 Å². The number of carbonyl (C=O) groups is 1. The molecule has 0 saturated carbocycles. The summed E-state index contributed by atoms with van der Waals surface area (Å²) in [5.74, 6) is -0.170. The zero-order chi connectivity index (χ0) is 11.0. The molecule has 0 radical (unpaired) electrons. The lowest BCUT2D eigenvalue weighted by Gasteiger charge is -2.28. The first-order chi connectivity index (χ1) is 7.09. The fourth-order valence-corrected chi connectivity index (χ4v) is 1.91. The number of rotatable bonds is 2. The molecule has 6 nitrogen and oxygen atoms in total. The summed E-state index contributed by atoms with van der Waals surface area (Å²) in [5, 5.41) is 16.5. The van der Waals surface area contributed by atoms with Crippen LogP contribution in [0.1, 0.15) is 22.9 Å². The number of fused-ring (bicyclic) bond motifs is 1. The molecule has 2 heterocycles. The van der Waals surface area contributed by atoms with Crippen LogP contribution >= 0.6 is 0 Å². The van der Waals surface area contributed by atoms with Gasteiger partial charge in [-0.05, 0) is 20.5 Å². The first kappa shape index (κ1) is 10.1. The molecule has 1 aliphatic rings. The van der Waals surface area contributed by atoms with E-state index in [2.05, 4.69) is 15.1 Å². The third-order valence-electron chi connectivity index (χ3n) is 2.85. The Morgan fingerprint density at radius 1 is 1.53 bits per heavy atom. The van der Waals surface area contributed by atoms with Gasteiger partial charge < -0.3 is 14.6 Å². The Hall–Kier alpha value is -1.43. The maximum absolute atomic E-state index is 10.8. The number of hydrogen-bond donors (Lipinski definition) is 1. The van der Waals surface area contributed by atoms with Crippen LogP contribution in [0.2, 0.25) is 0 Å². The summed E-state index contributed by atoms with van der Waals surface area (Å²) in [6.45, 7) is 0.687. The van der Waals surface area contributed by atoms with Crippen LogP contribution in [0.15, 0.2) is 0 Å². The van der Waals surface area contributed by atoms with Gasteiger partial charge in [0.15, 0.2) is 0 Å². The Morgan fingerprint density at radius 3 is 2.87 bits per heavy atom. The lowest BCUT2D eigenvalue weighted by Crippen LogP contribution is -2.36. The van der Waals surface area contributed by atoms with E-state index >= 15 is 0 Å². The normalized spacial score (nSPS) is 20.3. The van der Waals surface area contributed by atoms with E-state index in [1.54, 1.807) is 4.57 Å². The highest BCUT2D eigenvalue weighted by atomic mass is 16.4. The first-order valence-corrected chi connectivity index (χ1v) is 4.91. The van der Waals surface area contributed by atoms with E-state index in [0.29, 0.717) is 12.6 Å². The van der Waals surface area contributed by atoms with Crippen molar-refractivity contribution in [3.05, 3.63) is 11.6 Å². The molecular formula is C9H14N4O2. The second kappa shape index (κ2) is 3.62. The highest BCUT2D eigenvalue weighted by molar-refractivity contribution is 5.83. The molecule has 1 aromatic heterocycles. The Morgan fingerprint density at radius 2 is 2.27 bits per heavy atom. The summed E-state index contributed by atoms with van der Waals surface area (Å²) in [5.41, 5.74) is 0. The van der Waals surface area contributed by atoms with Crippen molar-refractivity contribution < 1.29 is 9.90 Å². The standard InChI is InChI=1S/C9H14N4O2/c1-12(2)6-3-4-13-7(5-6)10-11-8(13)9(14)15/h6H,3-5H2,1-2H3,(H,14,15). The summed E-state index contributed by atoms with van der Waals surface area (Å²) >= 11 is 0. The van der Waals surface area contributed by atoms with Gasteiger partial charge in [0.25, 0.3) is 0 Å². The smallest absolute Gasteiger partial charge is 0.374 e. The van der Waals surface area contributed by atoms with Gasteiger partial charge in [-0.1, -0.05) is 0 Å². The highest BCUT2D eigenvalue weighted by Crippen LogP contribution is 2.17. The second-order valence-electron chi connectivity index (χ2n) is 4.01. The molecule has 0 bridgehead atoms. The van der Waals surface area contributed by atoms with Crippen molar-refractivity contribution in [2.75, 3.05) is 14.1 Å².